The molecule has 9 rings (SSSR count). The maximum absolute atomic E-state index is 16.1. The number of fused-ring (bicyclic) bond motifs is 6. The minimum Gasteiger partial charge on any atom is -0.455 e. The third-order valence-corrected chi connectivity index (χ3v) is 25.4. The lowest BCUT2D eigenvalue weighted by molar-refractivity contribution is -0.346. The third-order valence-electron chi connectivity index (χ3n) is 20.9. The second-order valence-corrected chi connectivity index (χ2v) is 34.2. The summed E-state index contributed by atoms with van der Waals surface area (Å²) >= 11 is 1.85. The first-order valence-electron chi connectivity index (χ1n) is 36.6. The number of ketones is 1. The monoisotopic (exact) mass is 1620 g/mol. The van der Waals surface area contributed by atoms with Crippen LogP contribution in [-0.4, -0.2) is 223 Å². The van der Waals surface area contributed by atoms with Gasteiger partial charge in [0.2, 0.25) is 17.9 Å². The number of alkyl halides is 6. The van der Waals surface area contributed by atoms with Gasteiger partial charge in [0.1, 0.15) is 29.5 Å². The van der Waals surface area contributed by atoms with E-state index in [9.17, 15) is 61.7 Å². The number of carbonyl (C=O) groups is 10. The zero-order valence-corrected chi connectivity index (χ0v) is 65.0. The maximum Gasteiger partial charge on any atom is 0.416 e. The molecule has 7 N–H and O–H groups in total. The van der Waals surface area contributed by atoms with Crippen molar-refractivity contribution in [2.24, 2.45) is 22.7 Å². The molecule has 0 radical (unpaired) electrons. The molecule has 27 nitrogen and oxygen atoms in total. The number of Topliss-reactive ketones (excluding diaryl/α,β-unsaturated/α-hetero) is 1. The standard InChI is InChI=1S/C74H97F6N5O22S3/c1-39(21-24-53(89)82-26-28-99-30-32-100-31-29-98-27-25-81-52(88)20-13-12-19-49-56-46(37-108-49)83-66(95)84-56)109-110-48-18-11-10-15-43(48)34-54(90)103-58(60(74(78,79)80)85-67(96)107-68(4,5)6)65(94)102-47-36-72(97)62(105-64(93)44-16-14-17-45(33-44)73(75,76)77)59-70(9,50(87)35-51-71(59,38-101-51)106-41(3)86)61(91)57(104-63(92)42-22-23-42)55(40(47)2)69(72,7)8/h10-11,14-18,33,39,42,46-47,49-51,56-60,62,87,97H,12-13,19-32,34-38H2,1-9H3,(H,81,88)(H,82,89)(H,85,96)(H2,83,84,95)/t39?,46-,47-,49-,50-,51+,56-,57+,58+,59-,60-,62-,70+,71-,72+/m0/s1. The Morgan fingerprint density at radius 1 is 0.827 bits per heavy atom. The quantitative estimate of drug-likeness (QED) is 0.00651. The molecule has 6 fully saturated rings. The summed E-state index contributed by atoms with van der Waals surface area (Å²) in [7, 11) is 2.47. The summed E-state index contributed by atoms with van der Waals surface area (Å²) < 4.78 is 148. The number of esters is 5. The van der Waals surface area contributed by atoms with Crippen LogP contribution in [0.25, 0.3) is 0 Å². The number of nitrogens with one attached hydrogen (secondary N) is 5. The largest absolute Gasteiger partial charge is 0.455 e. The smallest absolute Gasteiger partial charge is 0.416 e. The summed E-state index contributed by atoms with van der Waals surface area (Å²) in [6.45, 7) is 13.4. The summed E-state index contributed by atoms with van der Waals surface area (Å²) in [6, 6.07) is 5.83. The number of halogens is 6. The Bertz CT molecular complexity index is 3730. The second kappa shape index (κ2) is 36.5. The van der Waals surface area contributed by atoms with Gasteiger partial charge in [-0.15, -0.1) is 0 Å². The number of thioether (sulfide) groups is 1. The van der Waals surface area contributed by atoms with Crippen LogP contribution in [0.1, 0.15) is 148 Å². The Labute approximate surface area is 644 Å². The average Bonchev–Trinajstić information content (AvgIpc) is 0.743. The fraction of sp³-hybridized carbons (Fsp3) is 0.676. The number of rotatable bonds is 35. The van der Waals surface area contributed by atoms with Gasteiger partial charge in [-0.05, 0) is 108 Å². The normalized spacial score (nSPS) is 27.6. The van der Waals surface area contributed by atoms with Crippen LogP contribution in [0.4, 0.5) is 35.9 Å². The topological polar surface area (TPSA) is 364 Å². The van der Waals surface area contributed by atoms with Gasteiger partial charge in [-0.2, -0.15) is 38.1 Å². The lowest BCUT2D eigenvalue weighted by Gasteiger charge is -2.67. The van der Waals surface area contributed by atoms with Crippen molar-refractivity contribution in [3.63, 3.8) is 0 Å². The highest BCUT2D eigenvalue weighted by Gasteiger charge is 2.79. The van der Waals surface area contributed by atoms with E-state index in [2.05, 4.69) is 21.3 Å². The number of urea groups is 1. The van der Waals surface area contributed by atoms with Crippen molar-refractivity contribution in [1.29, 1.82) is 0 Å². The van der Waals surface area contributed by atoms with E-state index < -0.39 is 179 Å². The van der Waals surface area contributed by atoms with E-state index in [0.717, 1.165) is 44.1 Å². The number of benzene rings is 2. The molecule has 3 heterocycles. The molecular formula is C74H97F6N5O22S3. The number of hydrogen-bond acceptors (Lipinski definition) is 25. The van der Waals surface area contributed by atoms with Gasteiger partial charge in [0, 0.05) is 72.3 Å². The SMILES string of the molecule is CC(=O)O[C@@]12CO[C@@H]1C[C@H](O)[C@@]1(C)C(=O)[C@H](OC(=O)C3CC3)C3=C(C)[C@@H](OC(=O)[C@H](OC(=O)Cc4ccccc4SSC(C)CCC(=O)NCCOCCOCCOCCNC(=O)CCCC[C@@H]4SC[C@@H]5NC(=O)N[C@@H]54)[C@H](NC(=O)OC(C)(C)C)C(F)(F)F)C[C@@](O)([C@@H](OC(=O)c4cccc(C(F)(F)F)c4)[C@H]21)C3(C)C. The van der Waals surface area contributed by atoms with E-state index in [1.54, 1.807) is 17.4 Å². The van der Waals surface area contributed by atoms with Gasteiger partial charge < -0.3 is 84.2 Å². The van der Waals surface area contributed by atoms with Crippen LogP contribution in [0.15, 0.2) is 64.6 Å². The molecular weight excluding hydrogens is 1520 g/mol. The van der Waals surface area contributed by atoms with Crippen LogP contribution < -0.4 is 26.6 Å². The molecule has 110 heavy (non-hydrogen) atoms. The van der Waals surface area contributed by atoms with Gasteiger partial charge in [-0.25, -0.2) is 19.2 Å². The molecule has 3 saturated carbocycles. The highest BCUT2D eigenvalue weighted by atomic mass is 33.1. The number of carbonyl (C=O) groups excluding carboxylic acids is 10. The third kappa shape index (κ3) is 21.1. The summed E-state index contributed by atoms with van der Waals surface area (Å²) in [4.78, 5) is 138. The molecule has 2 aromatic rings. The molecule has 5 amide bonds. The number of hydrogen-bond donors (Lipinski definition) is 7. The van der Waals surface area contributed by atoms with E-state index in [-0.39, 0.29) is 79.1 Å². The summed E-state index contributed by atoms with van der Waals surface area (Å²) in [5.41, 5.74) is -13.7. The van der Waals surface area contributed by atoms with Crippen molar-refractivity contribution in [3.8, 4) is 0 Å². The average molecular weight is 1620 g/mol. The summed E-state index contributed by atoms with van der Waals surface area (Å²) in [5, 5.41) is 39.7. The molecule has 3 saturated heterocycles. The molecule has 0 aromatic heterocycles. The van der Waals surface area contributed by atoms with Crippen LogP contribution in [0, 0.1) is 22.7 Å². The first kappa shape index (κ1) is 87.0. The molecule has 2 bridgehead atoms. The Hall–Kier alpha value is -6.93. The highest BCUT2D eigenvalue weighted by molar-refractivity contribution is 8.77. The van der Waals surface area contributed by atoms with E-state index in [1.807, 2.05) is 18.7 Å². The molecule has 7 aliphatic rings. The fourth-order valence-electron chi connectivity index (χ4n) is 15.0. The second-order valence-electron chi connectivity index (χ2n) is 30.3. The number of aliphatic hydroxyl groups excluding tert-OH is 1. The van der Waals surface area contributed by atoms with Crippen molar-refractivity contribution >= 4 is 92.9 Å². The van der Waals surface area contributed by atoms with Gasteiger partial charge in [-0.3, -0.25) is 28.8 Å². The van der Waals surface area contributed by atoms with E-state index in [1.165, 1.54) is 82.2 Å². The number of unbranched alkanes of at least 4 members (excludes halogenated alkanes) is 1. The summed E-state index contributed by atoms with van der Waals surface area (Å²) in [5.74, 6) is -10.4. The first-order chi connectivity index (χ1) is 51.7. The van der Waals surface area contributed by atoms with Crippen molar-refractivity contribution in [2.45, 2.75) is 232 Å². The van der Waals surface area contributed by atoms with Gasteiger partial charge >= 0.3 is 54.3 Å². The van der Waals surface area contributed by atoms with Gasteiger partial charge in [0.15, 0.2) is 23.5 Å². The van der Waals surface area contributed by atoms with E-state index >= 15 is 22.8 Å². The first-order valence-corrected chi connectivity index (χ1v) is 39.8. The minimum absolute atomic E-state index is 0.0476. The predicted octanol–water partition coefficient (Wildman–Crippen LogP) is 8.14. The predicted molar refractivity (Wildman–Crippen MR) is 384 cm³/mol. The molecule has 1 unspecified atom stereocenters. The van der Waals surface area contributed by atoms with Gasteiger partial charge in [0.25, 0.3) is 0 Å². The molecule has 2 aromatic carbocycles. The van der Waals surface area contributed by atoms with Crippen LogP contribution in [0.5, 0.6) is 0 Å². The van der Waals surface area contributed by atoms with E-state index in [4.69, 9.17) is 47.4 Å². The Morgan fingerprint density at radius 2 is 1.48 bits per heavy atom. The van der Waals surface area contributed by atoms with Crippen LogP contribution in [0.3, 0.4) is 0 Å². The van der Waals surface area contributed by atoms with Crippen molar-refractivity contribution in [3.05, 3.63) is 76.4 Å². The zero-order valence-electron chi connectivity index (χ0n) is 62.5. The highest BCUT2D eigenvalue weighted by Crippen LogP contribution is 2.65. The van der Waals surface area contributed by atoms with Crippen LogP contribution in [-0.2, 0) is 93.5 Å². The Balaban J connectivity index is 0.844. The molecule has 36 heteroatoms. The number of aliphatic hydroxyl groups is 2. The molecule has 15 atom stereocenters. The van der Waals surface area contributed by atoms with E-state index in [0.29, 0.717) is 74.3 Å². The van der Waals surface area contributed by atoms with Crippen LogP contribution in [0.2, 0.25) is 0 Å². The lowest BCUT2D eigenvalue weighted by Crippen LogP contribution is -2.82. The lowest BCUT2D eigenvalue weighted by atomic mass is 9.44. The number of alkyl carbamates (subject to hydrolysis) is 1. The number of amides is 5. The van der Waals surface area contributed by atoms with Crippen LogP contribution >= 0.6 is 33.3 Å². The Morgan fingerprint density at radius 3 is 2.10 bits per heavy atom. The maximum atomic E-state index is 16.1. The van der Waals surface area contributed by atoms with Crippen molar-refractivity contribution in [2.75, 3.05) is 65.1 Å². The van der Waals surface area contributed by atoms with Gasteiger partial charge in [-0.1, -0.05) is 73.0 Å². The minimum atomic E-state index is -5.69. The summed E-state index contributed by atoms with van der Waals surface area (Å²) in [6.07, 6.45) is -23.9. The molecule has 0 spiro atoms. The zero-order chi connectivity index (χ0) is 80.5. The van der Waals surface area contributed by atoms with Gasteiger partial charge in [0.05, 0.1) is 99.2 Å². The van der Waals surface area contributed by atoms with Crippen molar-refractivity contribution in [1.82, 2.24) is 26.6 Å². The van der Waals surface area contributed by atoms with Crippen molar-refractivity contribution < 1.29 is 132 Å². The Kier molecular flexibility index (Phi) is 28.9. The molecule has 4 aliphatic carbocycles. The molecule has 3 aliphatic heterocycles. The fourth-order valence-corrected chi connectivity index (χ4v) is 18.9. The number of ether oxygens (including phenoxy) is 10. The molecule has 610 valence electrons.